The molecule has 0 aliphatic carbocycles. The normalized spacial score (nSPS) is 17.0. The van der Waals surface area contributed by atoms with Crippen LogP contribution < -0.4 is 4.90 Å². The maximum atomic E-state index is 12.0. The number of nitrogens with zero attached hydrogens (tertiary/aromatic N) is 3. The van der Waals surface area contributed by atoms with E-state index in [0.717, 1.165) is 41.3 Å². The van der Waals surface area contributed by atoms with E-state index in [9.17, 15) is 13.7 Å². The molecular weight excluding hydrogens is 378 g/mol. The molecule has 27 heavy (non-hydrogen) atoms. The van der Waals surface area contributed by atoms with Crippen molar-refractivity contribution in [2.75, 3.05) is 24.2 Å². The van der Waals surface area contributed by atoms with Crippen LogP contribution in [0, 0.1) is 11.3 Å². The van der Waals surface area contributed by atoms with Gasteiger partial charge in [-0.05, 0) is 30.5 Å². The van der Waals surface area contributed by atoms with E-state index in [4.69, 9.17) is 0 Å². The first-order valence-corrected chi connectivity index (χ1v) is 11.5. The summed E-state index contributed by atoms with van der Waals surface area (Å²) in [7, 11) is -3.32. The predicted molar refractivity (Wildman–Crippen MR) is 108 cm³/mol. The van der Waals surface area contributed by atoms with Gasteiger partial charge in [-0.2, -0.15) is 5.26 Å². The van der Waals surface area contributed by atoms with Crippen molar-refractivity contribution < 1.29 is 8.42 Å². The largest absolute Gasteiger partial charge is 0.348 e. The van der Waals surface area contributed by atoms with Crippen LogP contribution in [0.25, 0.3) is 10.2 Å². The van der Waals surface area contributed by atoms with Gasteiger partial charge in [0.2, 0.25) is 0 Å². The molecule has 1 aromatic heterocycles. The molecule has 0 radical (unpaired) electrons. The van der Waals surface area contributed by atoms with Gasteiger partial charge < -0.3 is 4.90 Å². The average Bonchev–Trinajstić information content (AvgIpc) is 3.12. The van der Waals surface area contributed by atoms with Crippen molar-refractivity contribution in [3.8, 4) is 6.07 Å². The maximum Gasteiger partial charge on any atom is 0.186 e. The van der Waals surface area contributed by atoms with Crippen LogP contribution >= 0.6 is 11.3 Å². The molecule has 5 nitrogen and oxygen atoms in total. The van der Waals surface area contributed by atoms with Gasteiger partial charge in [0.05, 0.1) is 21.1 Å². The Labute approximate surface area is 162 Å². The highest BCUT2D eigenvalue weighted by molar-refractivity contribution is 7.91. The number of thiazole rings is 1. The number of para-hydroxylation sites is 1. The zero-order chi connectivity index (χ0) is 19.1. The first-order valence-electron chi connectivity index (χ1n) is 8.74. The van der Waals surface area contributed by atoms with Crippen LogP contribution in [-0.2, 0) is 15.3 Å². The Kier molecular flexibility index (Phi) is 4.41. The lowest BCUT2D eigenvalue weighted by Gasteiger charge is -2.37. The molecule has 0 spiro atoms. The number of nitriles is 1. The molecule has 0 amide bonds. The Morgan fingerprint density at radius 3 is 2.44 bits per heavy atom. The Morgan fingerprint density at radius 1 is 1.11 bits per heavy atom. The van der Waals surface area contributed by atoms with Gasteiger partial charge in [-0.1, -0.05) is 47.7 Å². The molecule has 0 unspecified atom stereocenters. The van der Waals surface area contributed by atoms with E-state index >= 15 is 0 Å². The SMILES string of the molecule is CS(=O)(=O)c1cccc2sc(N3CCC(C#N)(c4ccccc4)CC3)nc12. The van der Waals surface area contributed by atoms with E-state index in [1.165, 1.54) is 17.6 Å². The summed E-state index contributed by atoms with van der Waals surface area (Å²) >= 11 is 1.51. The lowest BCUT2D eigenvalue weighted by atomic mass is 9.74. The zero-order valence-corrected chi connectivity index (χ0v) is 16.6. The van der Waals surface area contributed by atoms with Gasteiger partial charge >= 0.3 is 0 Å². The molecule has 1 aliphatic rings. The van der Waals surface area contributed by atoms with Gasteiger partial charge in [0.25, 0.3) is 0 Å². The summed E-state index contributed by atoms with van der Waals surface area (Å²) in [6.07, 6.45) is 2.66. The fourth-order valence-corrected chi connectivity index (χ4v) is 5.59. The quantitative estimate of drug-likeness (QED) is 0.673. The Morgan fingerprint density at radius 2 is 1.81 bits per heavy atom. The summed E-state index contributed by atoms with van der Waals surface area (Å²) in [6, 6.07) is 17.8. The molecule has 2 heterocycles. The summed E-state index contributed by atoms with van der Waals surface area (Å²) in [6.45, 7) is 1.44. The molecule has 1 fully saturated rings. The van der Waals surface area contributed by atoms with Crippen molar-refractivity contribution in [3.05, 3.63) is 54.1 Å². The number of benzene rings is 2. The Bertz CT molecular complexity index is 1120. The predicted octanol–water partition coefficient (Wildman–Crippen LogP) is 3.76. The van der Waals surface area contributed by atoms with Crippen LogP contribution in [0.1, 0.15) is 18.4 Å². The van der Waals surface area contributed by atoms with E-state index in [0.29, 0.717) is 5.52 Å². The van der Waals surface area contributed by atoms with Crippen LogP contribution in [0.3, 0.4) is 0 Å². The Hall–Kier alpha value is -2.43. The number of fused-ring (bicyclic) bond motifs is 1. The fraction of sp³-hybridized carbons (Fsp3) is 0.300. The molecular formula is C20H19N3O2S2. The second kappa shape index (κ2) is 6.63. The first kappa shape index (κ1) is 18.0. The smallest absolute Gasteiger partial charge is 0.186 e. The minimum absolute atomic E-state index is 0.273. The lowest BCUT2D eigenvalue weighted by Crippen LogP contribution is -2.41. The number of hydrogen-bond acceptors (Lipinski definition) is 6. The topological polar surface area (TPSA) is 74.1 Å². The first-order chi connectivity index (χ1) is 12.9. The molecule has 2 aromatic carbocycles. The molecule has 0 bridgehead atoms. The van der Waals surface area contributed by atoms with Gasteiger partial charge in [0, 0.05) is 19.3 Å². The second-order valence-corrected chi connectivity index (χ2v) is 9.91. The molecule has 7 heteroatoms. The van der Waals surface area contributed by atoms with E-state index in [-0.39, 0.29) is 4.90 Å². The van der Waals surface area contributed by atoms with Gasteiger partial charge in [0.1, 0.15) is 5.52 Å². The van der Waals surface area contributed by atoms with E-state index in [1.807, 2.05) is 36.4 Å². The number of sulfone groups is 1. The van der Waals surface area contributed by atoms with E-state index in [1.54, 1.807) is 12.1 Å². The molecule has 1 aliphatic heterocycles. The molecule has 0 atom stereocenters. The number of piperidine rings is 1. The molecule has 138 valence electrons. The fourth-order valence-electron chi connectivity index (χ4n) is 3.65. The van der Waals surface area contributed by atoms with Gasteiger partial charge in [-0.25, -0.2) is 13.4 Å². The van der Waals surface area contributed by atoms with Crippen LogP contribution in [0.4, 0.5) is 5.13 Å². The van der Waals surface area contributed by atoms with Crippen LogP contribution in [0.15, 0.2) is 53.4 Å². The molecule has 1 saturated heterocycles. The van der Waals surface area contributed by atoms with E-state index < -0.39 is 15.3 Å². The summed E-state index contributed by atoms with van der Waals surface area (Å²) in [5.41, 5.74) is 1.14. The highest BCUT2D eigenvalue weighted by Crippen LogP contribution is 2.39. The van der Waals surface area contributed by atoms with Crippen molar-refractivity contribution in [1.82, 2.24) is 4.98 Å². The van der Waals surface area contributed by atoms with Crippen LogP contribution in [0.5, 0.6) is 0 Å². The van der Waals surface area contributed by atoms with Crippen LogP contribution in [-0.4, -0.2) is 32.7 Å². The lowest BCUT2D eigenvalue weighted by molar-refractivity contribution is 0.415. The molecule has 4 rings (SSSR count). The van der Waals surface area contributed by atoms with E-state index in [2.05, 4.69) is 16.0 Å². The van der Waals surface area contributed by atoms with Crippen molar-refractivity contribution in [3.63, 3.8) is 0 Å². The minimum Gasteiger partial charge on any atom is -0.348 e. The molecule has 0 saturated carbocycles. The van der Waals surface area contributed by atoms with Crippen LogP contribution in [0.2, 0.25) is 0 Å². The minimum atomic E-state index is -3.32. The van der Waals surface area contributed by atoms with Crippen molar-refractivity contribution in [2.45, 2.75) is 23.2 Å². The maximum absolute atomic E-state index is 12.0. The molecule has 0 N–H and O–H groups in total. The number of rotatable bonds is 3. The standard InChI is InChI=1S/C20H19N3O2S2/c1-27(24,25)17-9-5-8-16-18(17)22-19(26-16)23-12-10-20(14-21,11-13-23)15-6-3-2-4-7-15/h2-9H,10-13H2,1H3. The zero-order valence-electron chi connectivity index (χ0n) is 14.9. The molecule has 3 aromatic rings. The average molecular weight is 398 g/mol. The third kappa shape index (κ3) is 3.20. The monoisotopic (exact) mass is 397 g/mol. The summed E-state index contributed by atoms with van der Waals surface area (Å²) in [5.74, 6) is 0. The summed E-state index contributed by atoms with van der Waals surface area (Å²) < 4.78 is 24.9. The highest BCUT2D eigenvalue weighted by atomic mass is 32.2. The Balaban J connectivity index is 1.63. The van der Waals surface area contributed by atoms with Crippen molar-refractivity contribution in [1.29, 1.82) is 5.26 Å². The second-order valence-electron chi connectivity index (χ2n) is 6.92. The summed E-state index contributed by atoms with van der Waals surface area (Å²) in [5, 5.41) is 10.7. The van der Waals surface area contributed by atoms with Gasteiger partial charge in [0.15, 0.2) is 15.0 Å². The number of aromatic nitrogens is 1. The third-order valence-corrected chi connectivity index (χ3v) is 7.41. The van der Waals surface area contributed by atoms with Gasteiger partial charge in [-0.15, -0.1) is 0 Å². The summed E-state index contributed by atoms with van der Waals surface area (Å²) in [4.78, 5) is 7.07. The number of hydrogen-bond donors (Lipinski definition) is 0. The highest BCUT2D eigenvalue weighted by Gasteiger charge is 2.37. The van der Waals surface area contributed by atoms with Crippen molar-refractivity contribution in [2.24, 2.45) is 0 Å². The van der Waals surface area contributed by atoms with Gasteiger partial charge in [-0.3, -0.25) is 0 Å². The number of anilines is 1. The van der Waals surface area contributed by atoms with Crippen molar-refractivity contribution >= 4 is 36.5 Å². The third-order valence-electron chi connectivity index (χ3n) is 5.20.